The van der Waals surface area contributed by atoms with Gasteiger partial charge >= 0.3 is 0 Å². The van der Waals surface area contributed by atoms with Gasteiger partial charge in [-0.1, -0.05) is 55.7 Å². The van der Waals surface area contributed by atoms with E-state index >= 15 is 0 Å². The quantitative estimate of drug-likeness (QED) is 0.371. The second-order valence-corrected chi connectivity index (χ2v) is 11.1. The molecule has 1 aliphatic carbocycles. The highest BCUT2D eigenvalue weighted by Crippen LogP contribution is 2.36. The number of carbonyl (C=O) groups is 1. The molecule has 2 aliphatic heterocycles. The predicted octanol–water partition coefficient (Wildman–Crippen LogP) is 6.54. The van der Waals surface area contributed by atoms with Crippen LogP contribution in [-0.2, 0) is 11.3 Å². The first-order chi connectivity index (χ1) is 18.5. The fraction of sp³-hybridized carbons (Fsp3) is 0.333. The van der Waals surface area contributed by atoms with E-state index in [0.717, 1.165) is 51.2 Å². The summed E-state index contributed by atoms with van der Waals surface area (Å²) in [7, 11) is 0. The van der Waals surface area contributed by atoms with Gasteiger partial charge in [0.2, 0.25) is 5.17 Å². The lowest BCUT2D eigenvalue weighted by molar-refractivity contribution is -0.114. The lowest BCUT2D eigenvalue weighted by atomic mass is 9.90. The highest BCUT2D eigenvalue weighted by Gasteiger charge is 2.38. The Hall–Kier alpha value is -3.65. The van der Waals surface area contributed by atoms with Crippen LogP contribution >= 0.6 is 11.8 Å². The number of para-hydroxylation sites is 2. The van der Waals surface area contributed by atoms with Gasteiger partial charge in [-0.25, -0.2) is 0 Å². The van der Waals surface area contributed by atoms with Gasteiger partial charge in [0.15, 0.2) is 5.84 Å². The maximum Gasteiger partial charge on any atom is 0.283 e. The summed E-state index contributed by atoms with van der Waals surface area (Å²) in [6.07, 6.45) is 9.73. The zero-order chi connectivity index (χ0) is 26.2. The Balaban J connectivity index is 1.26. The van der Waals surface area contributed by atoms with Crippen molar-refractivity contribution in [1.29, 1.82) is 5.41 Å². The number of ether oxygens (including phenoxy) is 1. The van der Waals surface area contributed by atoms with Crippen LogP contribution in [-0.4, -0.2) is 38.1 Å². The Morgan fingerprint density at radius 3 is 2.63 bits per heavy atom. The maximum absolute atomic E-state index is 13.1. The number of nitrogens with one attached hydrogen (secondary N) is 1. The summed E-state index contributed by atoms with van der Waals surface area (Å²) < 4.78 is 8.30. The van der Waals surface area contributed by atoms with Crippen LogP contribution in [0.25, 0.3) is 17.0 Å². The Bertz CT molecular complexity index is 1510. The number of hydrogen-bond donors (Lipinski definition) is 1. The van der Waals surface area contributed by atoms with Crippen molar-refractivity contribution in [3.8, 4) is 5.75 Å². The van der Waals surface area contributed by atoms with E-state index in [4.69, 9.17) is 15.2 Å². The van der Waals surface area contributed by atoms with Crippen molar-refractivity contribution in [2.45, 2.75) is 52.5 Å². The summed E-state index contributed by atoms with van der Waals surface area (Å²) in [5, 5.41) is 17.6. The van der Waals surface area contributed by atoms with Gasteiger partial charge in [-0.3, -0.25) is 10.2 Å². The number of carbonyl (C=O) groups excluding carboxylic acids is 1. The third-order valence-corrected chi connectivity index (χ3v) is 8.60. The number of amidine groups is 2. The summed E-state index contributed by atoms with van der Waals surface area (Å²) in [5.41, 5.74) is 4.44. The molecule has 3 aliphatic rings. The molecule has 6 rings (SSSR count). The molecule has 38 heavy (non-hydrogen) atoms. The third-order valence-electron chi connectivity index (χ3n) is 7.53. The highest BCUT2D eigenvalue weighted by atomic mass is 32.2. The molecule has 1 amide bonds. The fourth-order valence-corrected chi connectivity index (χ4v) is 6.58. The first-order valence-corrected chi connectivity index (χ1v) is 14.1. The summed E-state index contributed by atoms with van der Waals surface area (Å²) in [5.74, 6) is 1.04. The van der Waals surface area contributed by atoms with E-state index in [1.165, 1.54) is 31.0 Å². The molecular formula is C30H31N5O2S. The van der Waals surface area contributed by atoms with Gasteiger partial charge in [-0.15, -0.1) is 0 Å². The molecule has 3 aromatic rings. The first kappa shape index (κ1) is 24.7. The fourth-order valence-electron chi connectivity index (χ4n) is 5.53. The summed E-state index contributed by atoms with van der Waals surface area (Å²) in [4.78, 5) is 17.4. The topological polar surface area (TPSA) is 83.0 Å². The van der Waals surface area contributed by atoms with Crippen molar-refractivity contribution >= 4 is 50.7 Å². The minimum Gasteiger partial charge on any atom is -0.491 e. The minimum atomic E-state index is -0.385. The standard InChI is InChI=1S/C30H31N5O2S/c1-19-9-8-10-20(2)26(19)37-16-15-34-18-22(23-13-6-7-14-25(23)34)17-24-27(31)35-30(32-28(24)36)38-29(33-35)21-11-4-3-5-12-21/h6-10,13-14,17-18,21,31H,3-5,11-12,15-16H2,1-2H3/b24-17+,31-27?. The van der Waals surface area contributed by atoms with Crippen molar-refractivity contribution in [3.05, 3.63) is 70.9 Å². The van der Waals surface area contributed by atoms with E-state index in [1.807, 2.05) is 30.5 Å². The predicted molar refractivity (Wildman–Crippen MR) is 155 cm³/mol. The lowest BCUT2D eigenvalue weighted by Crippen LogP contribution is -2.35. The zero-order valence-corrected chi connectivity index (χ0v) is 22.6. The molecule has 194 valence electrons. The molecule has 8 heteroatoms. The second kappa shape index (κ2) is 10.3. The van der Waals surface area contributed by atoms with Crippen molar-refractivity contribution in [3.63, 3.8) is 0 Å². The Morgan fingerprint density at radius 2 is 1.84 bits per heavy atom. The smallest absolute Gasteiger partial charge is 0.283 e. The highest BCUT2D eigenvalue weighted by molar-refractivity contribution is 8.27. The van der Waals surface area contributed by atoms with Gasteiger partial charge in [-0.2, -0.15) is 15.1 Å². The molecule has 1 N–H and O–H groups in total. The van der Waals surface area contributed by atoms with Gasteiger partial charge in [0, 0.05) is 28.6 Å². The molecule has 0 saturated heterocycles. The van der Waals surface area contributed by atoms with Gasteiger partial charge in [0.05, 0.1) is 12.1 Å². The number of hydrazone groups is 1. The number of thioether (sulfide) groups is 1. The lowest BCUT2D eigenvalue weighted by Gasteiger charge is -2.20. The van der Waals surface area contributed by atoms with E-state index in [-0.39, 0.29) is 17.3 Å². The Kier molecular flexibility index (Phi) is 6.66. The normalized spacial score (nSPS) is 19.2. The molecule has 2 aromatic carbocycles. The average molecular weight is 526 g/mol. The van der Waals surface area contributed by atoms with Crippen molar-refractivity contribution in [2.75, 3.05) is 6.61 Å². The Labute approximate surface area is 226 Å². The SMILES string of the molecule is Cc1cccc(C)c1OCCn1cc(/C=C2\C(=N)N3N=C(C4CCCCC4)SC3=NC2=O)c2ccccc21. The molecular weight excluding hydrogens is 494 g/mol. The van der Waals surface area contributed by atoms with E-state index < -0.39 is 0 Å². The first-order valence-electron chi connectivity index (χ1n) is 13.3. The summed E-state index contributed by atoms with van der Waals surface area (Å²) in [6, 6.07) is 14.3. The van der Waals surface area contributed by atoms with Gasteiger partial charge < -0.3 is 9.30 Å². The number of aliphatic imine (C=N–C) groups is 1. The van der Waals surface area contributed by atoms with Crippen LogP contribution in [0.2, 0.25) is 0 Å². The molecule has 7 nitrogen and oxygen atoms in total. The van der Waals surface area contributed by atoms with Crippen molar-refractivity contribution < 1.29 is 9.53 Å². The Morgan fingerprint density at radius 1 is 1.08 bits per heavy atom. The van der Waals surface area contributed by atoms with Crippen LogP contribution in [0.4, 0.5) is 0 Å². The summed E-state index contributed by atoms with van der Waals surface area (Å²) >= 11 is 1.45. The maximum atomic E-state index is 13.1. The van der Waals surface area contributed by atoms with Crippen LogP contribution in [0.1, 0.15) is 48.8 Å². The molecule has 0 radical (unpaired) electrons. The largest absolute Gasteiger partial charge is 0.491 e. The monoisotopic (exact) mass is 525 g/mol. The van der Waals surface area contributed by atoms with E-state index in [2.05, 4.69) is 41.6 Å². The van der Waals surface area contributed by atoms with Gasteiger partial charge in [0.25, 0.3) is 5.91 Å². The molecule has 0 unspecified atom stereocenters. The number of hydrogen-bond acceptors (Lipinski definition) is 5. The van der Waals surface area contributed by atoms with Gasteiger partial charge in [-0.05, 0) is 61.7 Å². The average Bonchev–Trinajstić information content (AvgIpc) is 3.51. The second-order valence-electron chi connectivity index (χ2n) is 10.2. The van der Waals surface area contributed by atoms with Gasteiger partial charge in [0.1, 0.15) is 17.4 Å². The molecule has 1 aromatic heterocycles. The van der Waals surface area contributed by atoms with Crippen molar-refractivity contribution in [1.82, 2.24) is 9.58 Å². The van der Waals surface area contributed by atoms with Crippen LogP contribution in [0.3, 0.4) is 0 Å². The number of aryl methyl sites for hydroxylation is 2. The van der Waals surface area contributed by atoms with Crippen LogP contribution < -0.4 is 4.74 Å². The van der Waals surface area contributed by atoms with Crippen LogP contribution in [0.5, 0.6) is 5.75 Å². The number of amides is 1. The molecule has 0 atom stereocenters. The molecule has 0 bridgehead atoms. The number of rotatable bonds is 6. The number of benzene rings is 2. The third kappa shape index (κ3) is 4.58. The van der Waals surface area contributed by atoms with Crippen LogP contribution in [0.15, 0.2) is 64.3 Å². The number of nitrogens with zero attached hydrogens (tertiary/aromatic N) is 4. The number of fused-ring (bicyclic) bond motifs is 2. The number of aromatic nitrogens is 1. The molecule has 0 spiro atoms. The molecule has 1 fully saturated rings. The molecule has 3 heterocycles. The van der Waals surface area contributed by atoms with E-state index in [1.54, 1.807) is 11.1 Å². The zero-order valence-electron chi connectivity index (χ0n) is 21.7. The molecule has 1 saturated carbocycles. The summed E-state index contributed by atoms with van der Waals surface area (Å²) in [6.45, 7) is 5.29. The minimum absolute atomic E-state index is 0.0912. The van der Waals surface area contributed by atoms with E-state index in [0.29, 0.717) is 24.2 Å². The van der Waals surface area contributed by atoms with Crippen molar-refractivity contribution in [2.24, 2.45) is 16.0 Å². The van der Waals surface area contributed by atoms with Crippen LogP contribution in [0, 0.1) is 25.2 Å². The van der Waals surface area contributed by atoms with E-state index in [9.17, 15) is 4.79 Å².